The van der Waals surface area contributed by atoms with Crippen molar-refractivity contribution in [1.29, 1.82) is 0 Å². The molecule has 0 aliphatic carbocycles. The number of pyridine rings is 2. The van der Waals surface area contributed by atoms with Crippen LogP contribution >= 0.6 is 0 Å². The van der Waals surface area contributed by atoms with Crippen LogP contribution in [0.1, 0.15) is 57.6 Å². The molecule has 0 saturated carbocycles. The third-order valence-corrected chi connectivity index (χ3v) is 8.79. The summed E-state index contributed by atoms with van der Waals surface area (Å²) < 4.78 is 3.59. The average molecular weight is 715 g/mol. The number of nitrogens with one attached hydrogen (secondary N) is 2. The summed E-state index contributed by atoms with van der Waals surface area (Å²) in [5.74, 6) is -0.523. The van der Waals surface area contributed by atoms with Crippen molar-refractivity contribution in [2.45, 2.75) is 25.6 Å². The van der Waals surface area contributed by atoms with E-state index in [9.17, 15) is 19.8 Å². The van der Waals surface area contributed by atoms with E-state index >= 15 is 0 Å². The van der Waals surface area contributed by atoms with Crippen LogP contribution in [0.5, 0.6) is 0 Å². The van der Waals surface area contributed by atoms with Crippen LogP contribution in [-0.2, 0) is 5.60 Å². The molecule has 0 bridgehead atoms. The molecule has 4 heterocycles. The monoisotopic (exact) mass is 714 g/mol. The smallest absolute Gasteiger partial charge is 0.275 e. The van der Waals surface area contributed by atoms with Crippen LogP contribution in [0.4, 0.5) is 11.4 Å². The molecule has 0 spiro atoms. The lowest BCUT2D eigenvalue weighted by atomic mass is 9.95. The lowest BCUT2D eigenvalue weighted by Crippen LogP contribution is -2.15. The number of imidazole rings is 2. The maximum absolute atomic E-state index is 12.5. The van der Waals surface area contributed by atoms with Gasteiger partial charge in [0.1, 0.15) is 28.8 Å². The standard InChI is InChI=1S/C23H21N3O2.C21H17N3O2/c1-23(2,28)18-8-6-7-16(13-18)17-11-12-21-25-20(15-26(21)14-17)22(27)24-19-9-4-3-5-10-19;25-20(15-7-3-1-4-8-15)16-11-12-19-23-18(14-24(19)13-16)21(26)22-17-9-5-2-6-10-17/h3-15,28H,1-2H3,(H,24,27);1-14,20,25H,(H,22,26). The van der Waals surface area contributed by atoms with Gasteiger partial charge in [-0.1, -0.05) is 91.0 Å². The Labute approximate surface area is 312 Å². The van der Waals surface area contributed by atoms with Gasteiger partial charge >= 0.3 is 0 Å². The van der Waals surface area contributed by atoms with Crippen molar-refractivity contribution < 1.29 is 19.8 Å². The number of amides is 2. The number of hydrogen-bond donors (Lipinski definition) is 4. The van der Waals surface area contributed by atoms with E-state index < -0.39 is 11.7 Å². The summed E-state index contributed by atoms with van der Waals surface area (Å²) in [4.78, 5) is 33.6. The number of rotatable bonds is 8. The minimum atomic E-state index is -0.905. The molecular formula is C44H38N6O4. The van der Waals surface area contributed by atoms with Crippen molar-refractivity contribution in [2.24, 2.45) is 0 Å². The fraction of sp³-hybridized carbons (Fsp3) is 0.0909. The molecule has 0 aliphatic heterocycles. The highest BCUT2D eigenvalue weighted by Gasteiger charge is 2.17. The Hall–Kier alpha value is -6.88. The van der Waals surface area contributed by atoms with Gasteiger partial charge in [0.25, 0.3) is 11.8 Å². The molecular weight excluding hydrogens is 677 g/mol. The molecule has 4 aromatic carbocycles. The van der Waals surface area contributed by atoms with Crippen LogP contribution in [-0.4, -0.2) is 40.8 Å². The van der Waals surface area contributed by atoms with Gasteiger partial charge in [-0.15, -0.1) is 0 Å². The molecule has 1 unspecified atom stereocenters. The maximum Gasteiger partial charge on any atom is 0.275 e. The van der Waals surface area contributed by atoms with E-state index in [1.807, 2.05) is 144 Å². The molecule has 4 N–H and O–H groups in total. The summed E-state index contributed by atoms with van der Waals surface area (Å²) in [6.45, 7) is 3.53. The van der Waals surface area contributed by atoms with Crippen molar-refractivity contribution >= 4 is 34.5 Å². The van der Waals surface area contributed by atoms with E-state index in [2.05, 4.69) is 20.6 Å². The molecule has 0 fully saturated rings. The van der Waals surface area contributed by atoms with Crippen molar-refractivity contribution in [1.82, 2.24) is 18.8 Å². The first-order chi connectivity index (χ1) is 26.1. The minimum absolute atomic E-state index is 0.250. The Bertz CT molecular complexity index is 2540. The summed E-state index contributed by atoms with van der Waals surface area (Å²) in [5.41, 5.74) is 6.92. The van der Waals surface area contributed by atoms with E-state index in [-0.39, 0.29) is 11.8 Å². The fourth-order valence-electron chi connectivity index (χ4n) is 5.89. The van der Waals surface area contributed by atoms with E-state index in [0.29, 0.717) is 22.7 Å². The normalized spacial score (nSPS) is 11.8. The molecule has 10 heteroatoms. The lowest BCUT2D eigenvalue weighted by Gasteiger charge is -2.18. The molecule has 0 radical (unpaired) electrons. The summed E-state index contributed by atoms with van der Waals surface area (Å²) in [6.07, 6.45) is 6.38. The maximum atomic E-state index is 12.5. The van der Waals surface area contributed by atoms with Crippen LogP contribution in [0.3, 0.4) is 0 Å². The van der Waals surface area contributed by atoms with Gasteiger partial charge in [-0.25, -0.2) is 9.97 Å². The molecule has 8 rings (SSSR count). The quantitative estimate of drug-likeness (QED) is 0.126. The number of carbonyl (C=O) groups excluding carboxylic acids is 2. The summed E-state index contributed by atoms with van der Waals surface area (Å²) >= 11 is 0. The number of hydrogen-bond acceptors (Lipinski definition) is 6. The fourth-order valence-corrected chi connectivity index (χ4v) is 5.89. The van der Waals surface area contributed by atoms with Crippen LogP contribution in [0.2, 0.25) is 0 Å². The average Bonchev–Trinajstić information content (AvgIpc) is 3.83. The Morgan fingerprint density at radius 2 is 1.09 bits per heavy atom. The number of nitrogens with zero attached hydrogens (tertiary/aromatic N) is 4. The predicted molar refractivity (Wildman–Crippen MR) is 210 cm³/mol. The van der Waals surface area contributed by atoms with Crippen molar-refractivity contribution in [3.63, 3.8) is 0 Å². The molecule has 4 aromatic heterocycles. The van der Waals surface area contributed by atoms with Crippen LogP contribution in [0, 0.1) is 0 Å². The second kappa shape index (κ2) is 15.4. The van der Waals surface area contributed by atoms with E-state index in [1.165, 1.54) is 0 Å². The van der Waals surface area contributed by atoms with E-state index in [1.54, 1.807) is 42.9 Å². The van der Waals surface area contributed by atoms with Crippen LogP contribution in [0.15, 0.2) is 164 Å². The predicted octanol–water partition coefficient (Wildman–Crippen LogP) is 8.15. The Morgan fingerprint density at radius 3 is 1.65 bits per heavy atom. The number of fused-ring (bicyclic) bond motifs is 2. The Balaban J connectivity index is 0.000000167. The summed E-state index contributed by atoms with van der Waals surface area (Å²) in [7, 11) is 0. The first kappa shape index (κ1) is 35.5. The molecule has 54 heavy (non-hydrogen) atoms. The number of anilines is 2. The number of carbonyl (C=O) groups is 2. The first-order valence-electron chi connectivity index (χ1n) is 17.4. The number of benzene rings is 4. The van der Waals surface area contributed by atoms with Gasteiger partial charge in [-0.3, -0.25) is 9.59 Å². The van der Waals surface area contributed by atoms with Gasteiger partial charge in [-0.2, -0.15) is 0 Å². The molecule has 10 nitrogen and oxygen atoms in total. The van der Waals surface area contributed by atoms with Gasteiger partial charge in [0.15, 0.2) is 0 Å². The van der Waals surface area contributed by atoms with Crippen molar-refractivity contribution in [2.75, 3.05) is 10.6 Å². The number of aliphatic hydroxyl groups excluding tert-OH is 1. The third-order valence-electron chi connectivity index (χ3n) is 8.79. The molecule has 268 valence electrons. The number of aliphatic hydroxyl groups is 2. The van der Waals surface area contributed by atoms with Crippen molar-refractivity contribution in [3.05, 3.63) is 192 Å². The molecule has 1 atom stereocenters. The van der Waals surface area contributed by atoms with Gasteiger partial charge in [-0.05, 0) is 84.6 Å². The second-order valence-corrected chi connectivity index (χ2v) is 13.3. The summed E-state index contributed by atoms with van der Waals surface area (Å²) in [6, 6.07) is 43.3. The van der Waals surface area contributed by atoms with E-state index in [0.717, 1.165) is 39.2 Å². The molecule has 0 saturated heterocycles. The topological polar surface area (TPSA) is 133 Å². The van der Waals surface area contributed by atoms with Gasteiger partial charge in [0.2, 0.25) is 0 Å². The number of aromatic nitrogens is 4. The molecule has 8 aromatic rings. The first-order valence-corrected chi connectivity index (χ1v) is 17.4. The Kier molecular flexibility index (Phi) is 10.1. The summed E-state index contributed by atoms with van der Waals surface area (Å²) in [5, 5.41) is 26.5. The number of para-hydroxylation sites is 2. The zero-order valence-electron chi connectivity index (χ0n) is 29.7. The molecule has 0 aliphatic rings. The van der Waals surface area contributed by atoms with Crippen LogP contribution < -0.4 is 10.6 Å². The van der Waals surface area contributed by atoms with Crippen LogP contribution in [0.25, 0.3) is 22.4 Å². The van der Waals surface area contributed by atoms with Crippen molar-refractivity contribution in [3.8, 4) is 11.1 Å². The highest BCUT2D eigenvalue weighted by atomic mass is 16.3. The van der Waals surface area contributed by atoms with Gasteiger partial charge < -0.3 is 29.6 Å². The SMILES string of the molecule is CC(C)(O)c1cccc(-c2ccc3nc(C(=O)Nc4ccccc4)cn3c2)c1.O=C(Nc1ccccc1)c1cn2cc(C(O)c3ccccc3)ccc2n1. The highest BCUT2D eigenvalue weighted by Crippen LogP contribution is 2.27. The zero-order chi connectivity index (χ0) is 37.7. The Morgan fingerprint density at radius 1 is 0.574 bits per heavy atom. The lowest BCUT2D eigenvalue weighted by molar-refractivity contribution is 0.0786. The van der Waals surface area contributed by atoms with E-state index in [4.69, 9.17) is 0 Å². The highest BCUT2D eigenvalue weighted by molar-refractivity contribution is 6.03. The van der Waals surface area contributed by atoms with Gasteiger partial charge in [0.05, 0.1) is 5.60 Å². The second-order valence-electron chi connectivity index (χ2n) is 13.3. The third kappa shape index (κ3) is 8.26. The minimum Gasteiger partial charge on any atom is -0.386 e. The molecule has 2 amide bonds. The largest absolute Gasteiger partial charge is 0.386 e. The van der Waals surface area contributed by atoms with Gasteiger partial charge in [0, 0.05) is 41.7 Å². The zero-order valence-corrected chi connectivity index (χ0v) is 29.7.